The van der Waals surface area contributed by atoms with Gasteiger partial charge in [-0.1, -0.05) is 6.92 Å². The highest BCUT2D eigenvalue weighted by molar-refractivity contribution is 5.81. The molecule has 1 saturated heterocycles. The molecule has 1 fully saturated rings. The zero-order valence-corrected chi connectivity index (χ0v) is 9.07. The molecule has 1 unspecified atom stereocenters. The number of nitrogen functional groups attached to an aromatic ring is 1. The monoisotopic (exact) mass is 218 g/mol. The Balaban J connectivity index is 2.01. The molecular formula is C10H14N6. The molecule has 0 radical (unpaired) electrons. The normalized spacial score (nSPS) is 18.6. The van der Waals surface area contributed by atoms with Crippen molar-refractivity contribution < 1.29 is 0 Å². The van der Waals surface area contributed by atoms with E-state index in [0.29, 0.717) is 23.3 Å². The van der Waals surface area contributed by atoms with E-state index in [2.05, 4.69) is 32.2 Å². The third kappa shape index (κ3) is 1.34. The van der Waals surface area contributed by atoms with Gasteiger partial charge in [-0.15, -0.1) is 0 Å². The number of anilines is 1. The van der Waals surface area contributed by atoms with Gasteiger partial charge in [0.25, 0.3) is 0 Å². The SMILES string of the molecule is CC(c1nc2ncnc(N)c2[nH]1)C1CNC1. The van der Waals surface area contributed by atoms with Gasteiger partial charge in [-0.3, -0.25) is 0 Å². The summed E-state index contributed by atoms with van der Waals surface area (Å²) in [6.07, 6.45) is 1.44. The average molecular weight is 218 g/mol. The molecular weight excluding hydrogens is 204 g/mol. The van der Waals surface area contributed by atoms with Gasteiger partial charge in [0, 0.05) is 5.92 Å². The van der Waals surface area contributed by atoms with Crippen molar-refractivity contribution in [3.8, 4) is 0 Å². The second kappa shape index (κ2) is 3.41. The zero-order chi connectivity index (χ0) is 11.1. The molecule has 0 aromatic carbocycles. The summed E-state index contributed by atoms with van der Waals surface area (Å²) in [6, 6.07) is 0. The fourth-order valence-corrected chi connectivity index (χ4v) is 1.97. The van der Waals surface area contributed by atoms with Crippen LogP contribution in [-0.2, 0) is 0 Å². The van der Waals surface area contributed by atoms with Crippen LogP contribution >= 0.6 is 0 Å². The van der Waals surface area contributed by atoms with Crippen molar-refractivity contribution in [3.63, 3.8) is 0 Å². The third-order valence-corrected chi connectivity index (χ3v) is 3.29. The lowest BCUT2D eigenvalue weighted by Crippen LogP contribution is -2.44. The van der Waals surface area contributed by atoms with Crippen LogP contribution in [0.1, 0.15) is 18.7 Å². The average Bonchev–Trinajstić information content (AvgIpc) is 2.60. The van der Waals surface area contributed by atoms with Crippen LogP contribution < -0.4 is 11.1 Å². The first-order valence-electron chi connectivity index (χ1n) is 5.42. The molecule has 84 valence electrons. The Hall–Kier alpha value is -1.69. The number of imidazole rings is 1. The molecule has 1 atom stereocenters. The highest BCUT2D eigenvalue weighted by Crippen LogP contribution is 2.26. The first-order valence-corrected chi connectivity index (χ1v) is 5.42. The number of aromatic amines is 1. The predicted molar refractivity (Wildman–Crippen MR) is 60.9 cm³/mol. The lowest BCUT2D eigenvalue weighted by atomic mass is 9.88. The number of hydrogen-bond acceptors (Lipinski definition) is 5. The lowest BCUT2D eigenvalue weighted by Gasteiger charge is -2.31. The van der Waals surface area contributed by atoms with Crippen molar-refractivity contribution in [1.82, 2.24) is 25.3 Å². The number of hydrogen-bond donors (Lipinski definition) is 3. The Morgan fingerprint density at radius 3 is 2.88 bits per heavy atom. The fraction of sp³-hybridized carbons (Fsp3) is 0.500. The Morgan fingerprint density at radius 1 is 1.44 bits per heavy atom. The maximum Gasteiger partial charge on any atom is 0.183 e. The summed E-state index contributed by atoms with van der Waals surface area (Å²) in [6.45, 7) is 4.28. The molecule has 0 bridgehead atoms. The minimum atomic E-state index is 0.398. The summed E-state index contributed by atoms with van der Waals surface area (Å²) in [5, 5.41) is 3.26. The summed E-state index contributed by atoms with van der Waals surface area (Å²) in [7, 11) is 0. The van der Waals surface area contributed by atoms with E-state index < -0.39 is 0 Å². The van der Waals surface area contributed by atoms with E-state index in [9.17, 15) is 0 Å². The molecule has 0 saturated carbocycles. The van der Waals surface area contributed by atoms with Crippen molar-refractivity contribution in [2.45, 2.75) is 12.8 Å². The number of nitrogens with zero attached hydrogens (tertiary/aromatic N) is 3. The summed E-state index contributed by atoms with van der Waals surface area (Å²) >= 11 is 0. The number of fused-ring (bicyclic) bond motifs is 1. The van der Waals surface area contributed by atoms with Crippen LogP contribution in [0.2, 0.25) is 0 Å². The van der Waals surface area contributed by atoms with Crippen LogP contribution in [0.5, 0.6) is 0 Å². The highest BCUT2D eigenvalue weighted by Gasteiger charge is 2.27. The van der Waals surface area contributed by atoms with Crippen LogP contribution in [0.25, 0.3) is 11.2 Å². The maximum atomic E-state index is 5.76. The minimum Gasteiger partial charge on any atom is -0.382 e. The van der Waals surface area contributed by atoms with Crippen LogP contribution in [0, 0.1) is 5.92 Å². The van der Waals surface area contributed by atoms with Crippen LogP contribution in [-0.4, -0.2) is 33.0 Å². The maximum absolute atomic E-state index is 5.76. The van der Waals surface area contributed by atoms with E-state index in [1.807, 2.05) is 0 Å². The Bertz CT molecular complexity index is 515. The Kier molecular flexibility index (Phi) is 2.03. The smallest absolute Gasteiger partial charge is 0.183 e. The molecule has 4 N–H and O–H groups in total. The van der Waals surface area contributed by atoms with Crippen molar-refractivity contribution in [2.24, 2.45) is 5.92 Å². The van der Waals surface area contributed by atoms with Crippen molar-refractivity contribution in [2.75, 3.05) is 18.8 Å². The second-order valence-electron chi connectivity index (χ2n) is 4.29. The van der Waals surface area contributed by atoms with E-state index in [1.165, 1.54) is 6.33 Å². The molecule has 2 aromatic heterocycles. The molecule has 1 aliphatic rings. The van der Waals surface area contributed by atoms with Gasteiger partial charge in [0.05, 0.1) is 0 Å². The largest absolute Gasteiger partial charge is 0.382 e. The van der Waals surface area contributed by atoms with E-state index in [-0.39, 0.29) is 0 Å². The van der Waals surface area contributed by atoms with Gasteiger partial charge < -0.3 is 16.0 Å². The molecule has 1 aliphatic heterocycles. The number of rotatable bonds is 2. The molecule has 0 spiro atoms. The summed E-state index contributed by atoms with van der Waals surface area (Å²) < 4.78 is 0. The molecule has 16 heavy (non-hydrogen) atoms. The molecule has 3 heterocycles. The summed E-state index contributed by atoms with van der Waals surface area (Å²) in [5.74, 6) is 2.46. The van der Waals surface area contributed by atoms with Crippen LogP contribution in [0.4, 0.5) is 5.82 Å². The second-order valence-corrected chi connectivity index (χ2v) is 4.29. The summed E-state index contributed by atoms with van der Waals surface area (Å²) in [5.41, 5.74) is 7.16. The van der Waals surface area contributed by atoms with Crippen LogP contribution in [0.15, 0.2) is 6.33 Å². The predicted octanol–water partition coefficient (Wildman–Crippen LogP) is 0.258. The highest BCUT2D eigenvalue weighted by atomic mass is 15.1. The van der Waals surface area contributed by atoms with Gasteiger partial charge in [-0.2, -0.15) is 0 Å². The third-order valence-electron chi connectivity index (χ3n) is 3.29. The van der Waals surface area contributed by atoms with Gasteiger partial charge in [0.2, 0.25) is 0 Å². The summed E-state index contributed by atoms with van der Waals surface area (Å²) in [4.78, 5) is 15.7. The number of H-pyrrole nitrogens is 1. The van der Waals surface area contributed by atoms with Gasteiger partial charge >= 0.3 is 0 Å². The van der Waals surface area contributed by atoms with Crippen LogP contribution in [0.3, 0.4) is 0 Å². The van der Waals surface area contributed by atoms with Gasteiger partial charge in [-0.05, 0) is 19.0 Å². The molecule has 2 aromatic rings. The Morgan fingerprint density at radius 2 is 2.25 bits per heavy atom. The lowest BCUT2D eigenvalue weighted by molar-refractivity contribution is 0.297. The minimum absolute atomic E-state index is 0.398. The van der Waals surface area contributed by atoms with Gasteiger partial charge in [0.15, 0.2) is 11.5 Å². The van der Waals surface area contributed by atoms with Crippen molar-refractivity contribution in [1.29, 1.82) is 0 Å². The number of nitrogens with two attached hydrogens (primary N) is 1. The number of aromatic nitrogens is 4. The molecule has 0 amide bonds. The van der Waals surface area contributed by atoms with Crippen molar-refractivity contribution in [3.05, 3.63) is 12.2 Å². The topological polar surface area (TPSA) is 92.5 Å². The standard InChI is InChI=1S/C10H14N6/c1-5(6-2-12-3-6)9-15-7-8(11)13-4-14-10(7)16-9/h4-6,12H,2-3H2,1H3,(H3,11,13,14,15,16). The quantitative estimate of drug-likeness (QED) is 0.672. The Labute approximate surface area is 92.7 Å². The van der Waals surface area contributed by atoms with Gasteiger partial charge in [0.1, 0.15) is 17.7 Å². The van der Waals surface area contributed by atoms with E-state index >= 15 is 0 Å². The van der Waals surface area contributed by atoms with E-state index in [4.69, 9.17) is 5.73 Å². The fourth-order valence-electron chi connectivity index (χ4n) is 1.97. The zero-order valence-electron chi connectivity index (χ0n) is 9.07. The molecule has 6 nitrogen and oxygen atoms in total. The van der Waals surface area contributed by atoms with E-state index in [1.54, 1.807) is 0 Å². The van der Waals surface area contributed by atoms with Crippen molar-refractivity contribution >= 4 is 17.0 Å². The molecule has 6 heteroatoms. The van der Waals surface area contributed by atoms with E-state index in [0.717, 1.165) is 24.4 Å². The number of nitrogens with one attached hydrogen (secondary N) is 2. The molecule has 0 aliphatic carbocycles. The first kappa shape index (κ1) is 9.53. The first-order chi connectivity index (χ1) is 7.75. The molecule has 3 rings (SSSR count). The van der Waals surface area contributed by atoms with Gasteiger partial charge in [-0.25, -0.2) is 15.0 Å².